The predicted molar refractivity (Wildman–Crippen MR) is 141 cm³/mol. The molecule has 0 amide bonds. The number of benzene rings is 2. The summed E-state index contributed by atoms with van der Waals surface area (Å²) >= 11 is 1.26. The quantitative estimate of drug-likeness (QED) is 0.369. The summed E-state index contributed by atoms with van der Waals surface area (Å²) in [5.41, 5.74) is 3.02. The number of para-hydroxylation sites is 1. The third kappa shape index (κ3) is 4.26. The minimum absolute atomic E-state index is 0.202. The molecule has 0 saturated carbocycles. The van der Waals surface area contributed by atoms with Gasteiger partial charge in [-0.2, -0.15) is 5.26 Å². The van der Waals surface area contributed by atoms with Crippen molar-refractivity contribution >= 4 is 34.3 Å². The lowest BCUT2D eigenvalue weighted by Gasteiger charge is -2.25. The number of carbonyl (C=O) groups excluding carboxylic acids is 1. The van der Waals surface area contributed by atoms with E-state index in [9.17, 15) is 14.9 Å². The maximum absolute atomic E-state index is 13.9. The molecule has 0 radical (unpaired) electrons. The summed E-state index contributed by atoms with van der Waals surface area (Å²) in [4.78, 5) is 32.1. The molecule has 5 rings (SSSR count). The number of ether oxygens (including phenoxy) is 2. The normalized spacial score (nSPS) is 15.3. The molecule has 2 aromatic carbocycles. The lowest BCUT2D eigenvalue weighted by atomic mass is 9.95. The summed E-state index contributed by atoms with van der Waals surface area (Å²) in [7, 11) is 1.57. The van der Waals surface area contributed by atoms with Crippen molar-refractivity contribution < 1.29 is 14.3 Å². The fourth-order valence-electron chi connectivity index (χ4n) is 4.66. The number of methoxy groups -OCH3 is 1. The van der Waals surface area contributed by atoms with Gasteiger partial charge in [0.15, 0.2) is 4.80 Å². The van der Waals surface area contributed by atoms with E-state index in [0.717, 1.165) is 22.0 Å². The summed E-state index contributed by atoms with van der Waals surface area (Å²) in [5, 5.41) is 10.2. The lowest BCUT2D eigenvalue weighted by molar-refractivity contribution is -0.139. The monoisotopic (exact) mass is 512 g/mol. The van der Waals surface area contributed by atoms with Crippen LogP contribution in [0.2, 0.25) is 0 Å². The second-order valence-corrected chi connectivity index (χ2v) is 9.48. The second kappa shape index (κ2) is 9.91. The highest BCUT2D eigenvalue weighted by Crippen LogP contribution is 2.32. The van der Waals surface area contributed by atoms with Crippen LogP contribution in [0.4, 0.5) is 0 Å². The molecular weight excluding hydrogens is 488 g/mol. The number of fused-ring (bicyclic) bond motifs is 2. The SMILES string of the molecule is CCOC(=O)C1=C(C)N=c2s/c(=C\c3cn(CC#N)c4ccccc34)c(=O)n2[C@@H]1c1cccc(OC)c1. The van der Waals surface area contributed by atoms with E-state index in [-0.39, 0.29) is 18.7 Å². The Morgan fingerprint density at radius 2 is 2.05 bits per heavy atom. The van der Waals surface area contributed by atoms with Gasteiger partial charge >= 0.3 is 5.97 Å². The summed E-state index contributed by atoms with van der Waals surface area (Å²) in [6.45, 7) is 3.91. The zero-order chi connectivity index (χ0) is 26.1. The van der Waals surface area contributed by atoms with E-state index in [2.05, 4.69) is 11.1 Å². The van der Waals surface area contributed by atoms with Gasteiger partial charge in [-0.05, 0) is 43.7 Å². The van der Waals surface area contributed by atoms with Gasteiger partial charge in [0, 0.05) is 22.7 Å². The van der Waals surface area contributed by atoms with Gasteiger partial charge < -0.3 is 14.0 Å². The van der Waals surface area contributed by atoms with Gasteiger partial charge in [-0.3, -0.25) is 9.36 Å². The first-order valence-corrected chi connectivity index (χ1v) is 12.6. The number of esters is 1. The Morgan fingerprint density at radius 1 is 1.24 bits per heavy atom. The largest absolute Gasteiger partial charge is 0.497 e. The van der Waals surface area contributed by atoms with E-state index in [1.54, 1.807) is 25.5 Å². The van der Waals surface area contributed by atoms with Crippen LogP contribution in [0, 0.1) is 11.3 Å². The summed E-state index contributed by atoms with van der Waals surface area (Å²) in [6, 6.07) is 16.5. The fourth-order valence-corrected chi connectivity index (χ4v) is 5.69. The Balaban J connectivity index is 1.75. The van der Waals surface area contributed by atoms with Gasteiger partial charge in [0.05, 0.1) is 41.6 Å². The third-order valence-corrected chi connectivity index (χ3v) is 7.26. The van der Waals surface area contributed by atoms with Crippen LogP contribution in [0.15, 0.2) is 75.8 Å². The number of aromatic nitrogens is 2. The zero-order valence-electron chi connectivity index (χ0n) is 20.6. The molecule has 1 aliphatic rings. The molecule has 186 valence electrons. The molecule has 0 aliphatic carbocycles. The summed E-state index contributed by atoms with van der Waals surface area (Å²) < 4.78 is 14.7. The average Bonchev–Trinajstić information content (AvgIpc) is 3.40. The van der Waals surface area contributed by atoms with Crippen LogP contribution in [0.3, 0.4) is 0 Å². The topological polar surface area (TPSA) is 98.6 Å². The molecule has 2 aromatic heterocycles. The Labute approximate surface area is 216 Å². The summed E-state index contributed by atoms with van der Waals surface area (Å²) in [6.07, 6.45) is 3.70. The maximum atomic E-state index is 13.9. The van der Waals surface area contributed by atoms with E-state index in [0.29, 0.717) is 26.4 Å². The molecule has 1 aliphatic heterocycles. The summed E-state index contributed by atoms with van der Waals surface area (Å²) in [5.74, 6) is 0.105. The van der Waals surface area contributed by atoms with E-state index < -0.39 is 12.0 Å². The van der Waals surface area contributed by atoms with Crippen LogP contribution < -0.4 is 19.6 Å². The molecule has 0 fully saturated rings. The van der Waals surface area contributed by atoms with Crippen molar-refractivity contribution in [2.45, 2.75) is 26.4 Å². The van der Waals surface area contributed by atoms with Crippen molar-refractivity contribution in [2.75, 3.05) is 13.7 Å². The molecule has 3 heterocycles. The van der Waals surface area contributed by atoms with Crippen LogP contribution in [0.1, 0.15) is 31.0 Å². The van der Waals surface area contributed by atoms with E-state index >= 15 is 0 Å². The molecule has 4 aromatic rings. The lowest BCUT2D eigenvalue weighted by Crippen LogP contribution is -2.39. The van der Waals surface area contributed by atoms with E-state index in [1.807, 2.05) is 65.4 Å². The molecule has 0 saturated heterocycles. The molecule has 8 nitrogen and oxygen atoms in total. The molecule has 0 spiro atoms. The van der Waals surface area contributed by atoms with Crippen molar-refractivity contribution in [3.63, 3.8) is 0 Å². The van der Waals surface area contributed by atoms with E-state index in [1.165, 1.54) is 11.3 Å². The molecule has 0 bridgehead atoms. The van der Waals surface area contributed by atoms with Crippen molar-refractivity contribution in [2.24, 2.45) is 4.99 Å². The smallest absolute Gasteiger partial charge is 0.338 e. The first-order chi connectivity index (χ1) is 18.0. The van der Waals surface area contributed by atoms with Gasteiger partial charge in [-0.15, -0.1) is 0 Å². The zero-order valence-corrected chi connectivity index (χ0v) is 21.4. The molecule has 37 heavy (non-hydrogen) atoms. The highest BCUT2D eigenvalue weighted by atomic mass is 32.1. The first-order valence-electron chi connectivity index (χ1n) is 11.7. The first kappa shape index (κ1) is 24.3. The maximum Gasteiger partial charge on any atom is 0.338 e. The fraction of sp³-hybridized carbons (Fsp3) is 0.214. The second-order valence-electron chi connectivity index (χ2n) is 8.47. The van der Waals surface area contributed by atoms with Crippen LogP contribution in [-0.4, -0.2) is 28.8 Å². The molecule has 0 N–H and O–H groups in total. The average molecular weight is 513 g/mol. The van der Waals surface area contributed by atoms with Crippen molar-refractivity contribution in [1.82, 2.24) is 9.13 Å². The number of nitrogens with zero attached hydrogens (tertiary/aromatic N) is 4. The van der Waals surface area contributed by atoms with Crippen molar-refractivity contribution in [3.05, 3.63) is 96.8 Å². The van der Waals surface area contributed by atoms with Crippen LogP contribution in [0.25, 0.3) is 17.0 Å². The third-order valence-electron chi connectivity index (χ3n) is 6.27. The van der Waals surface area contributed by atoms with Gasteiger partial charge in [0.2, 0.25) is 0 Å². The Kier molecular flexibility index (Phi) is 6.51. The van der Waals surface area contributed by atoms with Gasteiger partial charge in [0.25, 0.3) is 5.56 Å². The predicted octanol–water partition coefficient (Wildman–Crippen LogP) is 3.29. The van der Waals surface area contributed by atoms with Crippen molar-refractivity contribution in [1.29, 1.82) is 5.26 Å². The van der Waals surface area contributed by atoms with Crippen LogP contribution >= 0.6 is 11.3 Å². The number of allylic oxidation sites excluding steroid dienone is 1. The minimum atomic E-state index is -0.715. The standard InChI is InChI=1S/C28H24N4O4S/c1-4-36-27(34)24-17(2)30-28-32(25(24)18-8-7-9-20(14-18)35-3)26(33)23(37-28)15-19-16-31(13-12-29)22-11-6-5-10-21(19)22/h5-11,14-16,25H,4,13H2,1-3H3/b23-15-/t25-/m1/s1. The van der Waals surface area contributed by atoms with Gasteiger partial charge in [0.1, 0.15) is 12.3 Å². The molecule has 0 unspecified atom stereocenters. The number of hydrogen-bond donors (Lipinski definition) is 0. The van der Waals surface area contributed by atoms with Gasteiger partial charge in [-0.25, -0.2) is 9.79 Å². The molecular formula is C28H24N4O4S. The number of rotatable bonds is 6. The Bertz CT molecular complexity index is 1780. The number of carbonyl (C=O) groups is 1. The van der Waals surface area contributed by atoms with E-state index in [4.69, 9.17) is 9.47 Å². The van der Waals surface area contributed by atoms with Crippen molar-refractivity contribution in [3.8, 4) is 11.8 Å². The number of thiazole rings is 1. The Hall–Kier alpha value is -4.42. The molecule has 9 heteroatoms. The number of hydrogen-bond acceptors (Lipinski definition) is 7. The molecule has 1 atom stereocenters. The Morgan fingerprint density at radius 3 is 2.81 bits per heavy atom. The highest BCUT2D eigenvalue weighted by Gasteiger charge is 2.33. The minimum Gasteiger partial charge on any atom is -0.497 e. The van der Waals surface area contributed by atoms with Gasteiger partial charge in [-0.1, -0.05) is 41.7 Å². The van der Waals surface area contributed by atoms with Crippen LogP contribution in [0.5, 0.6) is 5.75 Å². The number of nitriles is 1. The highest BCUT2D eigenvalue weighted by molar-refractivity contribution is 7.07. The van der Waals surface area contributed by atoms with Crippen LogP contribution in [-0.2, 0) is 16.1 Å².